The van der Waals surface area contributed by atoms with Crippen LogP contribution in [0.15, 0.2) is 35.7 Å². The Labute approximate surface area is 133 Å². The molecular weight excluding hydrogens is 408 g/mol. The number of aliphatic imine (C=N–C) groups is 1. The number of aromatic nitrogens is 2. The monoisotopic (exact) mass is 418 g/mol. The van der Waals surface area contributed by atoms with Crippen LogP contribution in [-0.4, -0.2) is 19.9 Å². The van der Waals surface area contributed by atoms with E-state index in [9.17, 15) is 13.2 Å². The van der Waals surface area contributed by atoms with Gasteiger partial charge >= 0.3 is 6.18 Å². The summed E-state index contributed by atoms with van der Waals surface area (Å²) >= 11 is -0.315. The number of nitriles is 1. The fraction of sp³-hybridized carbons (Fsp3) is 0.214. The van der Waals surface area contributed by atoms with Crippen LogP contribution in [0.2, 0.25) is 0 Å². The maximum atomic E-state index is 13.0. The Hall–Kier alpha value is -1.89. The molecule has 3 heterocycles. The van der Waals surface area contributed by atoms with E-state index in [0.29, 0.717) is 11.3 Å². The van der Waals surface area contributed by atoms with Gasteiger partial charge in [0.2, 0.25) is 0 Å². The predicted octanol–water partition coefficient (Wildman–Crippen LogP) is 3.25. The number of halogens is 4. The number of aromatic amines is 1. The average Bonchev–Trinajstić information content (AvgIpc) is 3.11. The van der Waals surface area contributed by atoms with E-state index in [-0.39, 0.29) is 20.7 Å². The van der Waals surface area contributed by atoms with Crippen LogP contribution in [0.1, 0.15) is 18.0 Å². The summed E-state index contributed by atoms with van der Waals surface area (Å²) in [5.41, 5.74) is 1.28. The Morgan fingerprint density at radius 2 is 2.23 bits per heavy atom. The van der Waals surface area contributed by atoms with Crippen molar-refractivity contribution in [2.75, 3.05) is 0 Å². The van der Waals surface area contributed by atoms with E-state index in [4.69, 9.17) is 5.26 Å². The maximum Gasteiger partial charge on any atom is 0.410 e. The number of fused-ring (bicyclic) bond motifs is 1. The topological polar surface area (TPSA) is 56.9 Å². The molecule has 0 amide bonds. The minimum absolute atomic E-state index is 0.315. The lowest BCUT2D eigenvalue weighted by Crippen LogP contribution is -2.25. The Morgan fingerprint density at radius 1 is 1.41 bits per heavy atom. The molecule has 1 atom stereocenters. The van der Waals surface area contributed by atoms with Crippen LogP contribution >= 0.6 is 20.7 Å². The molecule has 0 radical (unpaired) electrons. The smallest absolute Gasteiger partial charge is 0.356 e. The van der Waals surface area contributed by atoms with Gasteiger partial charge in [-0.1, -0.05) is 0 Å². The number of H-pyrrole nitrogens is 1. The molecule has 4 nitrogen and oxygen atoms in total. The van der Waals surface area contributed by atoms with E-state index < -0.39 is 18.6 Å². The molecule has 1 N–H and O–H groups in total. The highest BCUT2D eigenvalue weighted by Crippen LogP contribution is 2.34. The van der Waals surface area contributed by atoms with Crippen LogP contribution < -0.4 is 5.22 Å². The molecule has 0 bridgehead atoms. The van der Waals surface area contributed by atoms with Gasteiger partial charge in [0.1, 0.15) is 6.04 Å². The molecule has 0 saturated heterocycles. The number of hydrogen-bond acceptors (Lipinski definition) is 2. The number of rotatable bonds is 3. The molecule has 0 aliphatic carbocycles. The Morgan fingerprint density at radius 3 is 2.95 bits per heavy atom. The fourth-order valence-electron chi connectivity index (χ4n) is 2.27. The van der Waals surface area contributed by atoms with Gasteiger partial charge in [-0.2, -0.15) is 18.4 Å². The standard InChI is InChI=1S/C14H10F3IN4/c15-14(16,17)11(1-4-19)22-6-3-9(7-22)12-10-2-5-20-13(10)18-8-21-12/h2-3,5-8,11,20H,1H2/t11-/m0/s1. The van der Waals surface area contributed by atoms with Gasteiger partial charge in [0, 0.05) is 29.4 Å². The molecule has 0 saturated carbocycles. The molecule has 0 fully saturated rings. The van der Waals surface area contributed by atoms with Crippen LogP contribution in [0, 0.1) is 14.6 Å². The minimum atomic E-state index is -4.46. The SMILES string of the molecule is N#CC[C@H](n1ccc(C2=c3cc[nH]c3=IC=N2)c1)C(F)(F)F. The summed E-state index contributed by atoms with van der Waals surface area (Å²) in [4.78, 5) is 7.49. The van der Waals surface area contributed by atoms with E-state index in [1.807, 2.05) is 16.5 Å². The number of nitrogens with zero attached hydrogens (tertiary/aromatic N) is 3. The van der Waals surface area contributed by atoms with Crippen molar-refractivity contribution in [1.29, 1.82) is 5.26 Å². The van der Waals surface area contributed by atoms with Gasteiger partial charge in [-0.05, 0) is 32.9 Å². The van der Waals surface area contributed by atoms with Crippen LogP contribution in [0.4, 0.5) is 13.2 Å². The molecule has 0 unspecified atom stereocenters. The first-order chi connectivity index (χ1) is 10.5. The van der Waals surface area contributed by atoms with E-state index in [2.05, 4.69) is 9.98 Å². The zero-order valence-corrected chi connectivity index (χ0v) is 13.3. The van der Waals surface area contributed by atoms with Crippen molar-refractivity contribution in [2.24, 2.45) is 4.99 Å². The average molecular weight is 418 g/mol. The molecular formula is C14H10F3IN4. The van der Waals surface area contributed by atoms with Crippen molar-refractivity contribution in [3.8, 4) is 6.07 Å². The van der Waals surface area contributed by atoms with E-state index in [1.54, 1.807) is 12.1 Å². The van der Waals surface area contributed by atoms with Crippen molar-refractivity contribution in [1.82, 2.24) is 9.55 Å². The van der Waals surface area contributed by atoms with Crippen molar-refractivity contribution in [2.45, 2.75) is 18.6 Å². The predicted molar refractivity (Wildman–Crippen MR) is 84.0 cm³/mol. The third-order valence-corrected chi connectivity index (χ3v) is 5.37. The highest BCUT2D eigenvalue weighted by atomic mass is 127. The lowest BCUT2D eigenvalue weighted by molar-refractivity contribution is -0.166. The Bertz CT molecular complexity index is 882. The molecule has 0 spiro atoms. The fourth-order valence-corrected chi connectivity index (χ4v) is 4.09. The molecule has 22 heavy (non-hydrogen) atoms. The quantitative estimate of drug-likeness (QED) is 0.765. The normalized spacial score (nSPS) is 15.5. The summed E-state index contributed by atoms with van der Waals surface area (Å²) in [5, 5.41) is 9.57. The zero-order valence-electron chi connectivity index (χ0n) is 11.1. The highest BCUT2D eigenvalue weighted by molar-refractivity contribution is 14.2. The van der Waals surface area contributed by atoms with Crippen molar-refractivity contribution in [3.63, 3.8) is 0 Å². The van der Waals surface area contributed by atoms with Gasteiger partial charge in [-0.15, -0.1) is 0 Å². The van der Waals surface area contributed by atoms with Gasteiger partial charge in [-0.25, -0.2) is 4.99 Å². The van der Waals surface area contributed by atoms with Crippen LogP contribution in [0.25, 0.3) is 5.70 Å². The van der Waals surface area contributed by atoms with Crippen LogP contribution in [0.5, 0.6) is 0 Å². The number of hydrogen-bond donors (Lipinski definition) is 1. The molecule has 8 heteroatoms. The third-order valence-electron chi connectivity index (χ3n) is 3.30. The van der Waals surface area contributed by atoms with Gasteiger partial charge in [0.05, 0.1) is 25.7 Å². The van der Waals surface area contributed by atoms with Gasteiger partial charge in [-0.3, -0.25) is 0 Å². The lowest BCUT2D eigenvalue weighted by Gasteiger charge is -2.19. The zero-order chi connectivity index (χ0) is 15.7. The minimum Gasteiger partial charge on any atom is -0.356 e. The number of nitrogens with one attached hydrogen (secondary N) is 1. The number of alkyl halides is 3. The molecule has 1 aliphatic rings. The van der Waals surface area contributed by atoms with E-state index in [1.165, 1.54) is 12.4 Å². The third kappa shape index (κ3) is 2.72. The molecule has 2 aromatic rings. The largest absolute Gasteiger partial charge is 0.410 e. The van der Waals surface area contributed by atoms with Gasteiger partial charge in [0.25, 0.3) is 0 Å². The highest BCUT2D eigenvalue weighted by Gasteiger charge is 2.40. The first kappa shape index (κ1) is 15.0. The van der Waals surface area contributed by atoms with Crippen molar-refractivity contribution in [3.05, 3.63) is 44.8 Å². The summed E-state index contributed by atoms with van der Waals surface area (Å²) < 4.78 is 43.0. The van der Waals surface area contributed by atoms with E-state index >= 15 is 0 Å². The maximum absolute atomic E-state index is 13.0. The summed E-state index contributed by atoms with van der Waals surface area (Å²) in [5.74, 6) is 0. The van der Waals surface area contributed by atoms with E-state index in [0.717, 1.165) is 13.1 Å². The van der Waals surface area contributed by atoms with Gasteiger partial charge in [0.15, 0.2) is 0 Å². The second-order valence-electron chi connectivity index (χ2n) is 4.66. The Kier molecular flexibility index (Phi) is 3.90. The molecule has 2 aromatic heterocycles. The van der Waals surface area contributed by atoms with Crippen LogP contribution in [-0.2, 0) is 0 Å². The Balaban J connectivity index is 2.06. The van der Waals surface area contributed by atoms with Crippen molar-refractivity contribution >= 4 is 30.6 Å². The van der Waals surface area contributed by atoms with Crippen LogP contribution in [0.3, 0.4) is 0 Å². The van der Waals surface area contributed by atoms with Gasteiger partial charge < -0.3 is 9.55 Å². The molecule has 3 rings (SSSR count). The molecule has 1 aliphatic heterocycles. The second-order valence-corrected chi connectivity index (χ2v) is 6.92. The van der Waals surface area contributed by atoms with Crippen molar-refractivity contribution < 1.29 is 13.2 Å². The molecule has 114 valence electrons. The first-order valence-electron chi connectivity index (χ1n) is 6.33. The summed E-state index contributed by atoms with van der Waals surface area (Å²) in [6.45, 7) is 0. The summed E-state index contributed by atoms with van der Waals surface area (Å²) in [7, 11) is 0. The second kappa shape index (κ2) is 5.72. The summed E-state index contributed by atoms with van der Waals surface area (Å²) in [6.07, 6.45) is -0.509. The lowest BCUT2D eigenvalue weighted by atomic mass is 10.2. The molecule has 0 aromatic carbocycles. The summed E-state index contributed by atoms with van der Waals surface area (Å²) in [6, 6.07) is 3.24. The first-order valence-corrected chi connectivity index (χ1v) is 8.65.